The summed E-state index contributed by atoms with van der Waals surface area (Å²) in [5.41, 5.74) is 9.64. The first-order chi connectivity index (χ1) is 8.58. The SMILES string of the molecule is CCNC(=O)CCC(CN)c1ccc(C)cc1C. The molecule has 1 amide bonds. The van der Waals surface area contributed by atoms with E-state index in [1.165, 1.54) is 16.7 Å². The highest BCUT2D eigenvalue weighted by molar-refractivity contribution is 5.75. The third-order valence-electron chi connectivity index (χ3n) is 3.24. The van der Waals surface area contributed by atoms with Gasteiger partial charge in [0.1, 0.15) is 0 Å². The minimum atomic E-state index is 0.112. The van der Waals surface area contributed by atoms with Gasteiger partial charge in [-0.3, -0.25) is 4.79 Å². The number of carbonyl (C=O) groups is 1. The number of hydrogen-bond donors (Lipinski definition) is 2. The minimum Gasteiger partial charge on any atom is -0.356 e. The van der Waals surface area contributed by atoms with Gasteiger partial charge in [-0.05, 0) is 50.8 Å². The summed E-state index contributed by atoms with van der Waals surface area (Å²) < 4.78 is 0. The first-order valence-electron chi connectivity index (χ1n) is 6.62. The second-order valence-corrected chi connectivity index (χ2v) is 4.78. The highest BCUT2D eigenvalue weighted by atomic mass is 16.1. The van der Waals surface area contributed by atoms with Gasteiger partial charge in [0.25, 0.3) is 0 Å². The molecule has 3 nitrogen and oxygen atoms in total. The number of hydrogen-bond acceptors (Lipinski definition) is 2. The summed E-state index contributed by atoms with van der Waals surface area (Å²) in [6.07, 6.45) is 1.36. The molecular formula is C15H24N2O. The zero-order valence-electron chi connectivity index (χ0n) is 11.6. The van der Waals surface area contributed by atoms with Gasteiger partial charge in [-0.1, -0.05) is 23.8 Å². The second-order valence-electron chi connectivity index (χ2n) is 4.78. The molecule has 1 aromatic rings. The molecule has 0 saturated carbocycles. The smallest absolute Gasteiger partial charge is 0.220 e. The average molecular weight is 248 g/mol. The molecule has 0 aliphatic rings. The lowest BCUT2D eigenvalue weighted by Gasteiger charge is -2.18. The van der Waals surface area contributed by atoms with Crippen LogP contribution in [0, 0.1) is 13.8 Å². The van der Waals surface area contributed by atoms with Crippen molar-refractivity contribution >= 4 is 5.91 Å². The Kier molecular flexibility index (Phi) is 5.86. The third kappa shape index (κ3) is 4.15. The lowest BCUT2D eigenvalue weighted by atomic mass is 9.90. The number of rotatable bonds is 6. The van der Waals surface area contributed by atoms with Crippen molar-refractivity contribution in [2.75, 3.05) is 13.1 Å². The maximum Gasteiger partial charge on any atom is 0.220 e. The van der Waals surface area contributed by atoms with Crippen LogP contribution >= 0.6 is 0 Å². The van der Waals surface area contributed by atoms with Crippen LogP contribution in [-0.4, -0.2) is 19.0 Å². The van der Waals surface area contributed by atoms with Gasteiger partial charge in [0.2, 0.25) is 5.91 Å². The Morgan fingerprint density at radius 3 is 2.67 bits per heavy atom. The van der Waals surface area contributed by atoms with Gasteiger partial charge < -0.3 is 11.1 Å². The van der Waals surface area contributed by atoms with Crippen molar-refractivity contribution in [2.45, 2.75) is 39.5 Å². The molecule has 0 bridgehead atoms. The van der Waals surface area contributed by atoms with Gasteiger partial charge in [-0.25, -0.2) is 0 Å². The Labute approximate surface area is 110 Å². The molecule has 1 atom stereocenters. The lowest BCUT2D eigenvalue weighted by Crippen LogP contribution is -2.24. The van der Waals surface area contributed by atoms with Crippen LogP contribution in [0.1, 0.15) is 42.4 Å². The van der Waals surface area contributed by atoms with E-state index in [1.54, 1.807) is 0 Å². The molecule has 1 unspecified atom stereocenters. The predicted octanol–water partition coefficient (Wildman–Crippen LogP) is 2.26. The fraction of sp³-hybridized carbons (Fsp3) is 0.533. The van der Waals surface area contributed by atoms with E-state index in [0.29, 0.717) is 19.5 Å². The van der Waals surface area contributed by atoms with Crippen LogP contribution in [-0.2, 0) is 4.79 Å². The molecule has 0 aromatic heterocycles. The lowest BCUT2D eigenvalue weighted by molar-refractivity contribution is -0.121. The monoisotopic (exact) mass is 248 g/mol. The van der Waals surface area contributed by atoms with Crippen LogP contribution in [0.25, 0.3) is 0 Å². The topological polar surface area (TPSA) is 55.1 Å². The first kappa shape index (κ1) is 14.7. The molecule has 1 rings (SSSR count). The van der Waals surface area contributed by atoms with E-state index in [0.717, 1.165) is 6.42 Å². The molecule has 18 heavy (non-hydrogen) atoms. The molecule has 0 spiro atoms. The van der Waals surface area contributed by atoms with Gasteiger partial charge in [0.15, 0.2) is 0 Å². The van der Waals surface area contributed by atoms with E-state index in [9.17, 15) is 4.79 Å². The van der Waals surface area contributed by atoms with E-state index in [1.807, 2.05) is 6.92 Å². The standard InChI is InChI=1S/C15H24N2O/c1-4-17-15(18)8-6-13(10-16)14-7-5-11(2)9-12(14)3/h5,7,9,13H,4,6,8,10,16H2,1-3H3,(H,17,18). The summed E-state index contributed by atoms with van der Waals surface area (Å²) in [4.78, 5) is 11.5. The molecular weight excluding hydrogens is 224 g/mol. The summed E-state index contributed by atoms with van der Waals surface area (Å²) >= 11 is 0. The molecule has 0 aliphatic heterocycles. The van der Waals surface area contributed by atoms with Gasteiger partial charge in [0, 0.05) is 13.0 Å². The van der Waals surface area contributed by atoms with Crippen molar-refractivity contribution in [3.05, 3.63) is 34.9 Å². The summed E-state index contributed by atoms with van der Waals surface area (Å²) in [7, 11) is 0. The van der Waals surface area contributed by atoms with Gasteiger partial charge in [-0.2, -0.15) is 0 Å². The number of nitrogens with two attached hydrogens (primary N) is 1. The van der Waals surface area contributed by atoms with E-state index < -0.39 is 0 Å². The summed E-state index contributed by atoms with van der Waals surface area (Å²) in [6.45, 7) is 7.40. The first-order valence-corrected chi connectivity index (χ1v) is 6.62. The molecule has 0 heterocycles. The molecule has 3 heteroatoms. The molecule has 3 N–H and O–H groups in total. The second kappa shape index (κ2) is 7.17. The molecule has 0 aliphatic carbocycles. The predicted molar refractivity (Wildman–Crippen MR) is 75.6 cm³/mol. The van der Waals surface area contributed by atoms with E-state index >= 15 is 0 Å². The summed E-state index contributed by atoms with van der Waals surface area (Å²) in [5.74, 6) is 0.383. The summed E-state index contributed by atoms with van der Waals surface area (Å²) in [6, 6.07) is 6.42. The highest BCUT2D eigenvalue weighted by Crippen LogP contribution is 2.24. The number of aryl methyl sites for hydroxylation is 2. The minimum absolute atomic E-state index is 0.112. The van der Waals surface area contributed by atoms with Crippen LogP contribution < -0.4 is 11.1 Å². The number of carbonyl (C=O) groups excluding carboxylic acids is 1. The van der Waals surface area contributed by atoms with Crippen LogP contribution in [0.3, 0.4) is 0 Å². The number of nitrogens with one attached hydrogen (secondary N) is 1. The molecule has 100 valence electrons. The molecule has 1 aromatic carbocycles. The zero-order chi connectivity index (χ0) is 13.5. The average Bonchev–Trinajstić information content (AvgIpc) is 2.32. The Morgan fingerprint density at radius 2 is 2.11 bits per heavy atom. The molecule has 0 radical (unpaired) electrons. The van der Waals surface area contributed by atoms with Crippen molar-refractivity contribution in [3.63, 3.8) is 0 Å². The Bertz CT molecular complexity index is 401. The van der Waals surface area contributed by atoms with Crippen molar-refractivity contribution in [1.82, 2.24) is 5.32 Å². The molecule has 0 fully saturated rings. The highest BCUT2D eigenvalue weighted by Gasteiger charge is 2.13. The van der Waals surface area contributed by atoms with Crippen LogP contribution in [0.2, 0.25) is 0 Å². The molecule has 0 saturated heterocycles. The zero-order valence-corrected chi connectivity index (χ0v) is 11.6. The van der Waals surface area contributed by atoms with Crippen LogP contribution in [0.15, 0.2) is 18.2 Å². The van der Waals surface area contributed by atoms with Gasteiger partial charge in [0.05, 0.1) is 0 Å². The maximum atomic E-state index is 11.5. The Morgan fingerprint density at radius 1 is 1.39 bits per heavy atom. The number of benzene rings is 1. The fourth-order valence-corrected chi connectivity index (χ4v) is 2.27. The van der Waals surface area contributed by atoms with E-state index in [4.69, 9.17) is 5.73 Å². The quantitative estimate of drug-likeness (QED) is 0.811. The third-order valence-corrected chi connectivity index (χ3v) is 3.24. The number of amides is 1. The summed E-state index contributed by atoms with van der Waals surface area (Å²) in [5, 5.41) is 2.82. The van der Waals surface area contributed by atoms with Crippen molar-refractivity contribution in [3.8, 4) is 0 Å². The normalized spacial score (nSPS) is 12.2. The van der Waals surface area contributed by atoms with Crippen molar-refractivity contribution < 1.29 is 4.79 Å². The Balaban J connectivity index is 2.68. The Hall–Kier alpha value is -1.35. The van der Waals surface area contributed by atoms with Gasteiger partial charge in [-0.15, -0.1) is 0 Å². The largest absolute Gasteiger partial charge is 0.356 e. The van der Waals surface area contributed by atoms with Crippen LogP contribution in [0.4, 0.5) is 0 Å². The van der Waals surface area contributed by atoms with Crippen molar-refractivity contribution in [1.29, 1.82) is 0 Å². The van der Waals surface area contributed by atoms with Gasteiger partial charge >= 0.3 is 0 Å². The maximum absolute atomic E-state index is 11.5. The fourth-order valence-electron chi connectivity index (χ4n) is 2.27. The van der Waals surface area contributed by atoms with Crippen molar-refractivity contribution in [2.24, 2.45) is 5.73 Å². The van der Waals surface area contributed by atoms with Crippen LogP contribution in [0.5, 0.6) is 0 Å². The van der Waals surface area contributed by atoms with E-state index in [2.05, 4.69) is 37.4 Å². The van der Waals surface area contributed by atoms with E-state index in [-0.39, 0.29) is 11.8 Å².